The molecule has 3 aliphatic rings. The third-order valence-electron chi connectivity index (χ3n) is 4.46. The van der Waals surface area contributed by atoms with Crippen molar-refractivity contribution >= 4 is 9.03 Å². The molecule has 0 aromatic heterocycles. The lowest BCUT2D eigenvalue weighted by Gasteiger charge is -2.38. The van der Waals surface area contributed by atoms with Crippen LogP contribution in [0.3, 0.4) is 0 Å². The zero-order valence-electron chi connectivity index (χ0n) is 9.28. The molecule has 3 fully saturated rings. The summed E-state index contributed by atoms with van der Waals surface area (Å²) in [4.78, 5) is 0. The van der Waals surface area contributed by atoms with Crippen LogP contribution in [-0.4, -0.2) is 12.2 Å². The number of hydrogen-bond acceptors (Lipinski definition) is 2. The molecule has 86 valence electrons. The van der Waals surface area contributed by atoms with Gasteiger partial charge in [-0.25, -0.2) is 0 Å². The normalized spacial score (nSPS) is 48.0. The first kappa shape index (κ1) is 10.5. The second-order valence-electron chi connectivity index (χ2n) is 5.29. The molecule has 1 saturated heterocycles. The molecule has 0 amide bonds. The van der Waals surface area contributed by atoms with E-state index in [1.54, 1.807) is 0 Å². The minimum Gasteiger partial charge on any atom is -0.333 e. The standard InChI is InChI=1S/C12H21O2P/c1-3-7-11-9(5-1)10-6-2-4-8-12(10)14-15-13-11/h9-12,15H,1-8H2. The minimum atomic E-state index is 0.315. The van der Waals surface area contributed by atoms with Crippen LogP contribution >= 0.6 is 9.03 Å². The van der Waals surface area contributed by atoms with Crippen LogP contribution in [0, 0.1) is 11.8 Å². The van der Waals surface area contributed by atoms with Gasteiger partial charge >= 0.3 is 0 Å². The SMILES string of the molecule is C1CCC2C(C1)OPOC1CCCCC12. The lowest BCUT2D eigenvalue weighted by atomic mass is 9.71. The maximum atomic E-state index is 5.90. The Labute approximate surface area is 94.1 Å². The first-order valence-corrected chi connectivity index (χ1v) is 7.33. The van der Waals surface area contributed by atoms with E-state index in [1.165, 1.54) is 51.4 Å². The third-order valence-corrected chi connectivity index (χ3v) is 5.25. The Hall–Kier alpha value is 0.350. The Morgan fingerprint density at radius 3 is 1.67 bits per heavy atom. The van der Waals surface area contributed by atoms with Crippen LogP contribution < -0.4 is 0 Å². The van der Waals surface area contributed by atoms with Crippen LogP contribution in [0.4, 0.5) is 0 Å². The Bertz CT molecular complexity index is 200. The monoisotopic (exact) mass is 228 g/mol. The van der Waals surface area contributed by atoms with Gasteiger partial charge in [-0.1, -0.05) is 25.7 Å². The summed E-state index contributed by atoms with van der Waals surface area (Å²) in [6.45, 7) is 0. The van der Waals surface area contributed by atoms with E-state index in [0.717, 1.165) is 11.8 Å². The van der Waals surface area contributed by atoms with Crippen molar-refractivity contribution in [2.75, 3.05) is 0 Å². The summed E-state index contributed by atoms with van der Waals surface area (Å²) in [7, 11) is 0.315. The van der Waals surface area contributed by atoms with E-state index in [4.69, 9.17) is 9.05 Å². The zero-order valence-corrected chi connectivity index (χ0v) is 10.3. The molecule has 4 unspecified atom stereocenters. The van der Waals surface area contributed by atoms with E-state index in [2.05, 4.69) is 0 Å². The summed E-state index contributed by atoms with van der Waals surface area (Å²) in [5.74, 6) is 1.64. The molecule has 2 aliphatic carbocycles. The molecule has 0 aromatic rings. The first-order chi connectivity index (χ1) is 7.45. The third kappa shape index (κ3) is 2.09. The highest BCUT2D eigenvalue weighted by Gasteiger charge is 2.40. The molecule has 0 N–H and O–H groups in total. The van der Waals surface area contributed by atoms with Crippen molar-refractivity contribution in [1.29, 1.82) is 0 Å². The smallest absolute Gasteiger partial charge is 0.155 e. The van der Waals surface area contributed by atoms with Gasteiger partial charge in [0, 0.05) is 0 Å². The molecule has 0 bridgehead atoms. The fourth-order valence-corrected chi connectivity index (χ4v) is 4.56. The van der Waals surface area contributed by atoms with E-state index in [1.807, 2.05) is 0 Å². The number of rotatable bonds is 0. The van der Waals surface area contributed by atoms with E-state index in [-0.39, 0.29) is 0 Å². The lowest BCUT2D eigenvalue weighted by Crippen LogP contribution is -2.37. The highest BCUT2D eigenvalue weighted by Crippen LogP contribution is 2.47. The summed E-state index contributed by atoms with van der Waals surface area (Å²) >= 11 is 0. The molecule has 0 aromatic carbocycles. The Morgan fingerprint density at radius 2 is 1.13 bits per heavy atom. The van der Waals surface area contributed by atoms with Gasteiger partial charge in [0.05, 0.1) is 12.2 Å². The van der Waals surface area contributed by atoms with Crippen molar-refractivity contribution in [1.82, 2.24) is 0 Å². The van der Waals surface area contributed by atoms with E-state index < -0.39 is 0 Å². The highest BCUT2D eigenvalue weighted by atomic mass is 31.1. The maximum absolute atomic E-state index is 5.90. The Kier molecular flexibility index (Phi) is 3.28. The van der Waals surface area contributed by atoms with Crippen molar-refractivity contribution in [3.8, 4) is 0 Å². The topological polar surface area (TPSA) is 18.5 Å². The van der Waals surface area contributed by atoms with Crippen molar-refractivity contribution < 1.29 is 9.05 Å². The summed E-state index contributed by atoms with van der Waals surface area (Å²) in [6, 6.07) is 0. The van der Waals surface area contributed by atoms with Crippen LogP contribution in [0.2, 0.25) is 0 Å². The molecule has 3 rings (SSSR count). The van der Waals surface area contributed by atoms with Crippen LogP contribution in [-0.2, 0) is 9.05 Å². The van der Waals surface area contributed by atoms with Crippen LogP contribution in [0.1, 0.15) is 51.4 Å². The quantitative estimate of drug-likeness (QED) is 0.589. The van der Waals surface area contributed by atoms with E-state index in [9.17, 15) is 0 Å². The second-order valence-corrected chi connectivity index (χ2v) is 5.93. The van der Waals surface area contributed by atoms with Crippen molar-refractivity contribution in [3.05, 3.63) is 0 Å². The average molecular weight is 228 g/mol. The number of fused-ring (bicyclic) bond motifs is 3. The molecule has 2 nitrogen and oxygen atoms in total. The summed E-state index contributed by atoms with van der Waals surface area (Å²) < 4.78 is 11.8. The average Bonchev–Trinajstić information content (AvgIpc) is 2.48. The predicted molar refractivity (Wildman–Crippen MR) is 62.0 cm³/mol. The van der Waals surface area contributed by atoms with Crippen LogP contribution in [0.5, 0.6) is 0 Å². The fraction of sp³-hybridized carbons (Fsp3) is 1.00. The highest BCUT2D eigenvalue weighted by molar-refractivity contribution is 7.26. The van der Waals surface area contributed by atoms with Crippen molar-refractivity contribution in [3.63, 3.8) is 0 Å². The van der Waals surface area contributed by atoms with Gasteiger partial charge in [0.15, 0.2) is 9.03 Å². The largest absolute Gasteiger partial charge is 0.333 e. The number of hydrogen-bond donors (Lipinski definition) is 0. The van der Waals surface area contributed by atoms with Crippen molar-refractivity contribution in [2.24, 2.45) is 11.8 Å². The van der Waals surface area contributed by atoms with Gasteiger partial charge in [-0.2, -0.15) is 0 Å². The lowest BCUT2D eigenvalue weighted by molar-refractivity contribution is 0.0346. The fourth-order valence-electron chi connectivity index (χ4n) is 3.67. The second kappa shape index (κ2) is 4.69. The Balaban J connectivity index is 1.77. The molecule has 1 aliphatic heterocycles. The molecule has 3 heteroatoms. The summed E-state index contributed by atoms with van der Waals surface area (Å²) in [5.41, 5.74) is 0. The van der Waals surface area contributed by atoms with Gasteiger partial charge in [0.2, 0.25) is 0 Å². The molecule has 0 radical (unpaired) electrons. The summed E-state index contributed by atoms with van der Waals surface area (Å²) in [6.07, 6.45) is 12.0. The van der Waals surface area contributed by atoms with Gasteiger partial charge in [0.1, 0.15) is 0 Å². The van der Waals surface area contributed by atoms with Gasteiger partial charge in [-0.3, -0.25) is 0 Å². The van der Waals surface area contributed by atoms with E-state index >= 15 is 0 Å². The van der Waals surface area contributed by atoms with Crippen LogP contribution in [0.25, 0.3) is 0 Å². The zero-order chi connectivity index (χ0) is 10.1. The van der Waals surface area contributed by atoms with Gasteiger partial charge in [-0.15, -0.1) is 0 Å². The molecule has 0 spiro atoms. The molecule has 15 heavy (non-hydrogen) atoms. The minimum absolute atomic E-state index is 0.315. The first-order valence-electron chi connectivity index (χ1n) is 6.51. The van der Waals surface area contributed by atoms with Gasteiger partial charge in [-0.05, 0) is 37.5 Å². The van der Waals surface area contributed by atoms with E-state index in [0.29, 0.717) is 21.2 Å². The summed E-state index contributed by atoms with van der Waals surface area (Å²) in [5, 5.41) is 0. The molecule has 2 saturated carbocycles. The molecule has 1 heterocycles. The predicted octanol–water partition coefficient (Wildman–Crippen LogP) is 3.66. The maximum Gasteiger partial charge on any atom is 0.155 e. The molecular formula is C12H21O2P. The van der Waals surface area contributed by atoms with Crippen LogP contribution in [0.15, 0.2) is 0 Å². The van der Waals surface area contributed by atoms with Gasteiger partial charge in [0.25, 0.3) is 0 Å². The Morgan fingerprint density at radius 1 is 0.667 bits per heavy atom. The molecular weight excluding hydrogens is 207 g/mol. The molecule has 4 atom stereocenters. The van der Waals surface area contributed by atoms with Gasteiger partial charge < -0.3 is 9.05 Å². The van der Waals surface area contributed by atoms with Crippen molar-refractivity contribution in [2.45, 2.75) is 63.6 Å².